The Balaban J connectivity index is 1.45. The van der Waals surface area contributed by atoms with Gasteiger partial charge in [-0.05, 0) is 48.7 Å². The topological polar surface area (TPSA) is 71.1 Å². The Bertz CT molecular complexity index is 746. The van der Waals surface area contributed by atoms with Gasteiger partial charge in [0.1, 0.15) is 5.82 Å². The van der Waals surface area contributed by atoms with Gasteiger partial charge in [-0.25, -0.2) is 4.39 Å². The van der Waals surface area contributed by atoms with E-state index < -0.39 is 11.7 Å². The first-order valence-electron chi connectivity index (χ1n) is 7.88. The molecule has 0 saturated heterocycles. The molecule has 2 aromatic rings. The smallest absolute Gasteiger partial charge is 0.251 e. The summed E-state index contributed by atoms with van der Waals surface area (Å²) in [6, 6.07) is 9.16. The van der Waals surface area contributed by atoms with Gasteiger partial charge in [0.2, 0.25) is 5.91 Å². The molecule has 1 aliphatic rings. The summed E-state index contributed by atoms with van der Waals surface area (Å²) in [5.74, 6) is -0.847. The highest BCUT2D eigenvalue weighted by Crippen LogP contribution is 2.30. The van der Waals surface area contributed by atoms with E-state index in [1.54, 1.807) is 6.20 Å². The number of carbonyl (C=O) groups excluding carboxylic acids is 2. The Kier molecular flexibility index (Phi) is 4.84. The van der Waals surface area contributed by atoms with Crippen molar-refractivity contribution in [3.8, 4) is 0 Å². The predicted molar refractivity (Wildman–Crippen MR) is 87.0 cm³/mol. The number of amides is 2. The van der Waals surface area contributed by atoms with Gasteiger partial charge in [0.25, 0.3) is 5.91 Å². The molecule has 2 amide bonds. The number of hydrogen-bond acceptors (Lipinski definition) is 3. The molecule has 1 aromatic heterocycles. The summed E-state index contributed by atoms with van der Waals surface area (Å²) in [7, 11) is 0. The van der Waals surface area contributed by atoms with Gasteiger partial charge in [0.05, 0.1) is 6.54 Å². The van der Waals surface area contributed by atoms with E-state index in [4.69, 9.17) is 0 Å². The van der Waals surface area contributed by atoms with Crippen LogP contribution in [0.25, 0.3) is 0 Å². The van der Waals surface area contributed by atoms with Crippen LogP contribution in [-0.4, -0.2) is 29.9 Å². The molecular formula is C18H18FN3O2. The number of aromatic nitrogens is 1. The zero-order chi connectivity index (χ0) is 16.9. The first kappa shape index (κ1) is 16.1. The second-order valence-electron chi connectivity index (χ2n) is 5.78. The van der Waals surface area contributed by atoms with Crippen molar-refractivity contribution >= 4 is 11.8 Å². The highest BCUT2D eigenvalue weighted by Gasteiger charge is 2.23. The molecule has 6 heteroatoms. The molecule has 1 aliphatic carbocycles. The molecule has 0 spiro atoms. The van der Waals surface area contributed by atoms with E-state index in [0.29, 0.717) is 12.1 Å². The van der Waals surface area contributed by atoms with Gasteiger partial charge in [-0.2, -0.15) is 0 Å². The van der Waals surface area contributed by atoms with Crippen LogP contribution in [0.5, 0.6) is 0 Å². The van der Waals surface area contributed by atoms with Crippen molar-refractivity contribution in [2.75, 3.05) is 13.1 Å². The number of halogens is 1. The molecule has 2 N–H and O–H groups in total. The number of aryl methyl sites for hydroxylation is 1. The number of nitrogens with one attached hydrogen (secondary N) is 2. The first-order chi connectivity index (χ1) is 11.6. The van der Waals surface area contributed by atoms with Gasteiger partial charge in [-0.3, -0.25) is 14.6 Å². The normalized spacial score (nSPS) is 15.6. The van der Waals surface area contributed by atoms with E-state index in [1.807, 2.05) is 6.07 Å². The van der Waals surface area contributed by atoms with Crippen LogP contribution >= 0.6 is 0 Å². The van der Waals surface area contributed by atoms with Gasteiger partial charge in [0, 0.05) is 29.9 Å². The average Bonchev–Trinajstić information content (AvgIpc) is 3.01. The molecule has 0 saturated carbocycles. The first-order valence-corrected chi connectivity index (χ1v) is 7.88. The molecule has 0 aliphatic heterocycles. The second-order valence-corrected chi connectivity index (χ2v) is 5.78. The van der Waals surface area contributed by atoms with Gasteiger partial charge >= 0.3 is 0 Å². The van der Waals surface area contributed by atoms with E-state index in [0.717, 1.165) is 18.5 Å². The van der Waals surface area contributed by atoms with Crippen LogP contribution in [0.15, 0.2) is 42.6 Å². The minimum atomic E-state index is -0.408. The number of rotatable bonds is 5. The maximum atomic E-state index is 12.8. The van der Waals surface area contributed by atoms with E-state index in [1.165, 1.54) is 29.8 Å². The van der Waals surface area contributed by atoms with Crippen LogP contribution in [0.2, 0.25) is 0 Å². The molecule has 124 valence electrons. The lowest BCUT2D eigenvalue weighted by Crippen LogP contribution is -2.38. The largest absolute Gasteiger partial charge is 0.354 e. The summed E-state index contributed by atoms with van der Waals surface area (Å²) >= 11 is 0. The molecule has 0 bridgehead atoms. The molecule has 1 aromatic carbocycles. The van der Waals surface area contributed by atoms with Crippen molar-refractivity contribution in [1.82, 2.24) is 15.6 Å². The lowest BCUT2D eigenvalue weighted by Gasteiger charge is -2.12. The van der Waals surface area contributed by atoms with Gasteiger partial charge in [-0.15, -0.1) is 0 Å². The Morgan fingerprint density at radius 2 is 1.96 bits per heavy atom. The molecular weight excluding hydrogens is 309 g/mol. The Morgan fingerprint density at radius 1 is 1.17 bits per heavy atom. The molecule has 0 fully saturated rings. The molecule has 24 heavy (non-hydrogen) atoms. The maximum Gasteiger partial charge on any atom is 0.251 e. The van der Waals surface area contributed by atoms with Crippen LogP contribution in [0.3, 0.4) is 0 Å². The zero-order valence-corrected chi connectivity index (χ0v) is 13.1. The highest BCUT2D eigenvalue weighted by atomic mass is 19.1. The molecule has 1 atom stereocenters. The fourth-order valence-corrected chi connectivity index (χ4v) is 2.86. The maximum absolute atomic E-state index is 12.8. The van der Waals surface area contributed by atoms with Crippen molar-refractivity contribution in [3.05, 3.63) is 65.2 Å². The number of carbonyl (C=O) groups is 2. The molecule has 1 unspecified atom stereocenters. The van der Waals surface area contributed by atoms with Gasteiger partial charge in [0.15, 0.2) is 0 Å². The third-order valence-electron chi connectivity index (χ3n) is 4.14. The number of benzene rings is 1. The lowest BCUT2D eigenvalue weighted by molar-refractivity contribution is -0.120. The van der Waals surface area contributed by atoms with Crippen molar-refractivity contribution in [2.45, 2.75) is 18.8 Å². The van der Waals surface area contributed by atoms with Crippen LogP contribution in [-0.2, 0) is 11.2 Å². The molecule has 3 rings (SSSR count). The fraction of sp³-hybridized carbons (Fsp3) is 0.278. The quantitative estimate of drug-likeness (QED) is 0.880. The minimum absolute atomic E-state index is 0.113. The number of nitrogens with zero attached hydrogens (tertiary/aromatic N) is 1. The van der Waals surface area contributed by atoms with E-state index in [2.05, 4.69) is 21.7 Å². The van der Waals surface area contributed by atoms with Crippen LogP contribution < -0.4 is 10.6 Å². The van der Waals surface area contributed by atoms with E-state index in [-0.39, 0.29) is 18.4 Å². The van der Waals surface area contributed by atoms with Gasteiger partial charge < -0.3 is 10.6 Å². The standard InChI is InChI=1S/C18H18FN3O2/c19-15-7-5-13(6-8-15)18(24)22-11-16(23)21-10-14-4-3-12-2-1-9-20-17(12)14/h1-2,5-9,14H,3-4,10-11H2,(H,21,23)(H,22,24). The molecule has 1 heterocycles. The van der Waals surface area contributed by atoms with E-state index in [9.17, 15) is 14.0 Å². The minimum Gasteiger partial charge on any atom is -0.354 e. The average molecular weight is 327 g/mol. The summed E-state index contributed by atoms with van der Waals surface area (Å²) in [5.41, 5.74) is 2.60. The SMILES string of the molecule is O=C(CNC(=O)c1ccc(F)cc1)NCC1CCc2cccnc21. The zero-order valence-electron chi connectivity index (χ0n) is 13.1. The summed E-state index contributed by atoms with van der Waals surface area (Å²) < 4.78 is 12.8. The van der Waals surface area contributed by atoms with Crippen LogP contribution in [0.1, 0.15) is 34.0 Å². The van der Waals surface area contributed by atoms with E-state index >= 15 is 0 Å². The summed E-state index contributed by atoms with van der Waals surface area (Å²) in [5, 5.41) is 5.35. The van der Waals surface area contributed by atoms with Crippen LogP contribution in [0.4, 0.5) is 4.39 Å². The highest BCUT2D eigenvalue weighted by molar-refractivity contribution is 5.96. The monoisotopic (exact) mass is 327 g/mol. The Labute approximate surface area is 139 Å². The van der Waals surface area contributed by atoms with Crippen molar-refractivity contribution in [2.24, 2.45) is 0 Å². The molecule has 5 nitrogen and oxygen atoms in total. The number of fused-ring (bicyclic) bond motifs is 1. The lowest BCUT2D eigenvalue weighted by atomic mass is 10.1. The molecule has 0 radical (unpaired) electrons. The van der Waals surface area contributed by atoms with Crippen LogP contribution in [0, 0.1) is 5.82 Å². The predicted octanol–water partition coefficient (Wildman–Crippen LogP) is 1.80. The van der Waals surface area contributed by atoms with Crippen molar-refractivity contribution in [1.29, 1.82) is 0 Å². The summed E-state index contributed by atoms with van der Waals surface area (Å²) in [6.07, 6.45) is 3.71. The number of pyridine rings is 1. The second kappa shape index (κ2) is 7.21. The third kappa shape index (κ3) is 3.76. The van der Waals surface area contributed by atoms with Crippen molar-refractivity contribution in [3.63, 3.8) is 0 Å². The third-order valence-corrected chi connectivity index (χ3v) is 4.14. The summed E-state index contributed by atoms with van der Waals surface area (Å²) in [6.45, 7) is 0.396. The Hall–Kier alpha value is -2.76. The fourth-order valence-electron chi connectivity index (χ4n) is 2.86. The van der Waals surface area contributed by atoms with Gasteiger partial charge in [-0.1, -0.05) is 6.07 Å². The van der Waals surface area contributed by atoms with Crippen molar-refractivity contribution < 1.29 is 14.0 Å². The number of hydrogen-bond donors (Lipinski definition) is 2. The Morgan fingerprint density at radius 3 is 2.75 bits per heavy atom. The summed E-state index contributed by atoms with van der Waals surface area (Å²) in [4.78, 5) is 28.1.